The number of amides is 1. The molecule has 0 aliphatic heterocycles. The van der Waals surface area contributed by atoms with Gasteiger partial charge >= 0.3 is 0 Å². The number of hydrogen-bond donors (Lipinski definition) is 3. The van der Waals surface area contributed by atoms with Gasteiger partial charge < -0.3 is 16.2 Å². The summed E-state index contributed by atoms with van der Waals surface area (Å²) in [5.74, 6) is -0.625. The van der Waals surface area contributed by atoms with Crippen molar-refractivity contribution in [1.29, 1.82) is 0 Å². The lowest BCUT2D eigenvalue weighted by Crippen LogP contribution is -2.33. The number of hydrogen-bond acceptors (Lipinski definition) is 4. The van der Waals surface area contributed by atoms with Gasteiger partial charge in [0.2, 0.25) is 5.91 Å². The lowest BCUT2D eigenvalue weighted by atomic mass is 10.1. The smallest absolute Gasteiger partial charge is 0.248 e. The van der Waals surface area contributed by atoms with Crippen LogP contribution < -0.4 is 11.1 Å². The van der Waals surface area contributed by atoms with E-state index in [1.54, 1.807) is 6.92 Å². The van der Waals surface area contributed by atoms with Gasteiger partial charge in [-0.3, -0.25) is 9.59 Å². The van der Waals surface area contributed by atoms with Crippen LogP contribution in [0.4, 0.5) is 0 Å². The summed E-state index contributed by atoms with van der Waals surface area (Å²) in [6.45, 7) is 1.58. The average Bonchev–Trinajstić information content (AvgIpc) is 2.11. The number of aliphatic hydroxyl groups excluding tert-OH is 1. The summed E-state index contributed by atoms with van der Waals surface area (Å²) in [5, 5.41) is 11.4. The Labute approximate surface area is 77.3 Å². The molecule has 2 atom stereocenters. The number of aliphatic hydroxyl groups is 1. The number of Topliss-reactive ketones (excluding diaryl/α,β-unsaturated/α-hetero) is 1. The molecule has 0 aromatic carbocycles. The van der Waals surface area contributed by atoms with Gasteiger partial charge in [0, 0.05) is 13.5 Å². The summed E-state index contributed by atoms with van der Waals surface area (Å²) in [5.41, 5.74) is 5.30. The van der Waals surface area contributed by atoms with E-state index in [4.69, 9.17) is 10.8 Å². The number of rotatable bonds is 5. The van der Waals surface area contributed by atoms with E-state index in [0.29, 0.717) is 0 Å². The largest absolute Gasteiger partial charge is 0.383 e. The first-order valence-corrected chi connectivity index (χ1v) is 4.17. The molecule has 0 fully saturated rings. The molecule has 0 saturated carbocycles. The maximum atomic E-state index is 11.0. The molecular formula is C8H16N2O3. The van der Waals surface area contributed by atoms with Crippen molar-refractivity contribution in [2.75, 3.05) is 7.05 Å². The highest BCUT2D eigenvalue weighted by atomic mass is 16.3. The first-order chi connectivity index (χ1) is 5.99. The second kappa shape index (κ2) is 5.66. The van der Waals surface area contributed by atoms with E-state index in [2.05, 4.69) is 5.32 Å². The number of ketones is 1. The lowest BCUT2D eigenvalue weighted by molar-refractivity contribution is -0.129. The molecule has 0 saturated heterocycles. The third-order valence-electron chi connectivity index (χ3n) is 1.72. The van der Waals surface area contributed by atoms with Crippen molar-refractivity contribution >= 4 is 11.7 Å². The molecule has 4 N–H and O–H groups in total. The van der Waals surface area contributed by atoms with Gasteiger partial charge in [-0.2, -0.15) is 0 Å². The van der Waals surface area contributed by atoms with Crippen LogP contribution in [-0.4, -0.2) is 36.0 Å². The van der Waals surface area contributed by atoms with E-state index in [0.717, 1.165) is 0 Å². The van der Waals surface area contributed by atoms with Crippen molar-refractivity contribution in [3.8, 4) is 0 Å². The lowest BCUT2D eigenvalue weighted by Gasteiger charge is -2.09. The van der Waals surface area contributed by atoms with Crippen LogP contribution in [0, 0.1) is 0 Å². The number of likely N-dealkylation sites (N-methyl/N-ethyl adjacent to an activating group) is 1. The minimum absolute atomic E-state index is 0.125. The van der Waals surface area contributed by atoms with Crippen LogP contribution in [0.5, 0.6) is 0 Å². The summed E-state index contributed by atoms with van der Waals surface area (Å²) in [6, 6.07) is -0.531. The van der Waals surface area contributed by atoms with Crippen LogP contribution in [0.1, 0.15) is 19.8 Å². The fraction of sp³-hybridized carbons (Fsp3) is 0.750. The van der Waals surface area contributed by atoms with E-state index < -0.39 is 18.1 Å². The first-order valence-electron chi connectivity index (χ1n) is 4.17. The molecule has 0 aliphatic carbocycles. The molecule has 0 aromatic rings. The molecule has 0 radical (unpaired) electrons. The highest BCUT2D eigenvalue weighted by molar-refractivity contribution is 5.85. The van der Waals surface area contributed by atoms with E-state index in [1.165, 1.54) is 7.05 Å². The third-order valence-corrected chi connectivity index (χ3v) is 1.72. The molecule has 1 amide bonds. The van der Waals surface area contributed by atoms with Gasteiger partial charge in [-0.15, -0.1) is 0 Å². The van der Waals surface area contributed by atoms with Crippen LogP contribution in [0.3, 0.4) is 0 Å². The predicted octanol–water partition coefficient (Wildman–Crippen LogP) is -1.21. The SMILES string of the molecule is CNC(=O)C(O)CCC(=O)C(C)N. The van der Waals surface area contributed by atoms with Gasteiger partial charge in [-0.1, -0.05) is 0 Å². The monoisotopic (exact) mass is 188 g/mol. The Balaban J connectivity index is 3.76. The Morgan fingerprint density at radius 1 is 1.54 bits per heavy atom. The van der Waals surface area contributed by atoms with Crippen molar-refractivity contribution in [2.24, 2.45) is 5.73 Å². The van der Waals surface area contributed by atoms with Crippen molar-refractivity contribution in [3.05, 3.63) is 0 Å². The standard InChI is InChI=1S/C8H16N2O3/c1-5(9)6(11)3-4-7(12)8(13)10-2/h5,7,12H,3-4,9H2,1-2H3,(H,10,13). The van der Waals surface area contributed by atoms with Gasteiger partial charge in [0.05, 0.1) is 6.04 Å². The van der Waals surface area contributed by atoms with Crippen LogP contribution in [-0.2, 0) is 9.59 Å². The van der Waals surface area contributed by atoms with E-state index in [-0.39, 0.29) is 18.6 Å². The average molecular weight is 188 g/mol. The summed E-state index contributed by atoms with van der Waals surface area (Å²) < 4.78 is 0. The van der Waals surface area contributed by atoms with Crippen molar-refractivity contribution in [2.45, 2.75) is 31.9 Å². The summed E-state index contributed by atoms with van der Waals surface area (Å²) in [6.07, 6.45) is -0.862. The molecule has 5 nitrogen and oxygen atoms in total. The zero-order valence-electron chi connectivity index (χ0n) is 7.91. The molecule has 0 aliphatic rings. The van der Waals surface area contributed by atoms with E-state index in [9.17, 15) is 9.59 Å². The molecule has 0 rings (SSSR count). The molecular weight excluding hydrogens is 172 g/mol. The normalized spacial score (nSPS) is 14.8. The zero-order valence-corrected chi connectivity index (χ0v) is 7.91. The van der Waals surface area contributed by atoms with Gasteiger partial charge in [-0.05, 0) is 13.3 Å². The second-order valence-corrected chi connectivity index (χ2v) is 2.92. The number of nitrogens with two attached hydrogens (primary N) is 1. The second-order valence-electron chi connectivity index (χ2n) is 2.92. The molecule has 76 valence electrons. The maximum absolute atomic E-state index is 11.0. The zero-order chi connectivity index (χ0) is 10.4. The van der Waals surface area contributed by atoms with Gasteiger partial charge in [0.25, 0.3) is 0 Å². The van der Waals surface area contributed by atoms with E-state index >= 15 is 0 Å². The summed E-state index contributed by atoms with van der Waals surface area (Å²) in [4.78, 5) is 21.8. The highest BCUT2D eigenvalue weighted by Crippen LogP contribution is 1.99. The summed E-state index contributed by atoms with van der Waals surface area (Å²) >= 11 is 0. The fourth-order valence-corrected chi connectivity index (χ4v) is 0.804. The van der Waals surface area contributed by atoms with E-state index in [1.807, 2.05) is 0 Å². The topological polar surface area (TPSA) is 92.4 Å². The number of carbonyl (C=O) groups excluding carboxylic acids is 2. The van der Waals surface area contributed by atoms with Gasteiger partial charge in [-0.25, -0.2) is 0 Å². The molecule has 0 spiro atoms. The van der Waals surface area contributed by atoms with Gasteiger partial charge in [0.15, 0.2) is 0 Å². The number of nitrogens with one attached hydrogen (secondary N) is 1. The molecule has 0 heterocycles. The number of carbonyl (C=O) groups is 2. The molecule has 13 heavy (non-hydrogen) atoms. The van der Waals surface area contributed by atoms with Crippen LogP contribution in [0.25, 0.3) is 0 Å². The minimum atomic E-state index is -1.12. The molecule has 2 unspecified atom stereocenters. The maximum Gasteiger partial charge on any atom is 0.248 e. The Morgan fingerprint density at radius 2 is 2.08 bits per heavy atom. The molecule has 5 heteroatoms. The van der Waals surface area contributed by atoms with Crippen molar-refractivity contribution < 1.29 is 14.7 Å². The Kier molecular flexibility index (Phi) is 5.25. The predicted molar refractivity (Wildman–Crippen MR) is 48.0 cm³/mol. The molecule has 0 aromatic heterocycles. The fourth-order valence-electron chi connectivity index (χ4n) is 0.804. The summed E-state index contributed by atoms with van der Waals surface area (Å²) in [7, 11) is 1.43. The van der Waals surface area contributed by atoms with Crippen molar-refractivity contribution in [3.63, 3.8) is 0 Å². The first kappa shape index (κ1) is 12.1. The van der Waals surface area contributed by atoms with Crippen LogP contribution in [0.2, 0.25) is 0 Å². The van der Waals surface area contributed by atoms with Gasteiger partial charge in [0.1, 0.15) is 11.9 Å². The third kappa shape index (κ3) is 4.59. The Morgan fingerprint density at radius 3 is 2.46 bits per heavy atom. The Bertz CT molecular complexity index is 192. The molecule has 0 bridgehead atoms. The minimum Gasteiger partial charge on any atom is -0.383 e. The highest BCUT2D eigenvalue weighted by Gasteiger charge is 2.16. The van der Waals surface area contributed by atoms with Crippen LogP contribution in [0.15, 0.2) is 0 Å². The Hall–Kier alpha value is -0.940. The van der Waals surface area contributed by atoms with Crippen LogP contribution >= 0.6 is 0 Å². The quantitative estimate of drug-likeness (QED) is 0.504. The van der Waals surface area contributed by atoms with Crippen molar-refractivity contribution in [1.82, 2.24) is 5.32 Å².